The molecule has 2 aromatic heterocycles. The molecule has 5 nitrogen and oxygen atoms in total. The van der Waals surface area contributed by atoms with Gasteiger partial charge in [0.25, 0.3) is 5.56 Å². The van der Waals surface area contributed by atoms with Crippen LogP contribution in [-0.4, -0.2) is 20.8 Å². The number of aromatic nitrogens is 2. The maximum atomic E-state index is 12.5. The van der Waals surface area contributed by atoms with Crippen LogP contribution in [0.15, 0.2) is 47.5 Å². The normalized spacial score (nSPS) is 10.9. The molecule has 0 radical (unpaired) electrons. The van der Waals surface area contributed by atoms with E-state index in [0.717, 1.165) is 27.6 Å². The molecule has 3 rings (SSSR count). The molecule has 0 spiro atoms. The number of aryl methyl sites for hydroxylation is 2. The Bertz CT molecular complexity index is 993. The second-order valence-electron chi connectivity index (χ2n) is 6.63. The minimum absolute atomic E-state index is 0.00831. The Hall–Kier alpha value is -2.95. The molecule has 5 heteroatoms. The van der Waals surface area contributed by atoms with Gasteiger partial charge in [-0.2, -0.15) is 0 Å². The Morgan fingerprint density at radius 1 is 1.19 bits per heavy atom. The molecule has 0 aliphatic heterocycles. The average molecular weight is 349 g/mol. The summed E-state index contributed by atoms with van der Waals surface area (Å²) in [5.41, 5.74) is 4.43. The zero-order valence-electron chi connectivity index (χ0n) is 15.4. The number of pyridine rings is 2. The summed E-state index contributed by atoms with van der Waals surface area (Å²) in [6.07, 6.45) is 3.84. The number of rotatable bonds is 5. The lowest BCUT2D eigenvalue weighted by Crippen LogP contribution is -2.32. The van der Waals surface area contributed by atoms with Crippen LogP contribution < -0.4 is 5.56 Å². The third-order valence-electron chi connectivity index (χ3n) is 4.50. The molecule has 0 fully saturated rings. The number of nitrogens with zero attached hydrogens (tertiary/aromatic N) is 2. The van der Waals surface area contributed by atoms with Crippen molar-refractivity contribution >= 4 is 16.8 Å². The quantitative estimate of drug-likeness (QED) is 0.767. The van der Waals surface area contributed by atoms with Crippen LogP contribution in [0.25, 0.3) is 10.9 Å². The number of fused-ring (bicyclic) bond motifs is 1. The fourth-order valence-corrected chi connectivity index (χ4v) is 3.21. The van der Waals surface area contributed by atoms with Gasteiger partial charge < -0.3 is 9.88 Å². The Morgan fingerprint density at radius 2 is 2.00 bits per heavy atom. The zero-order chi connectivity index (χ0) is 18.7. The summed E-state index contributed by atoms with van der Waals surface area (Å²) in [6, 6.07) is 9.74. The minimum atomic E-state index is -0.150. The van der Waals surface area contributed by atoms with Crippen molar-refractivity contribution in [2.24, 2.45) is 0 Å². The van der Waals surface area contributed by atoms with Gasteiger partial charge in [0, 0.05) is 41.8 Å². The molecule has 1 amide bonds. The number of amides is 1. The van der Waals surface area contributed by atoms with E-state index in [9.17, 15) is 9.59 Å². The minimum Gasteiger partial charge on any atom is -0.334 e. The molecule has 0 unspecified atom stereocenters. The van der Waals surface area contributed by atoms with Crippen molar-refractivity contribution in [1.29, 1.82) is 0 Å². The highest BCUT2D eigenvalue weighted by Crippen LogP contribution is 2.19. The Kier molecular flexibility index (Phi) is 5.16. The van der Waals surface area contributed by atoms with Gasteiger partial charge in [-0.25, -0.2) is 0 Å². The number of carbonyl (C=O) groups is 1. The molecular formula is C21H23N3O2. The molecular weight excluding hydrogens is 326 g/mol. The van der Waals surface area contributed by atoms with E-state index in [2.05, 4.69) is 16.0 Å². The van der Waals surface area contributed by atoms with Crippen LogP contribution in [0.1, 0.15) is 35.6 Å². The Labute approximate surface area is 152 Å². The molecule has 1 aromatic carbocycles. The van der Waals surface area contributed by atoms with E-state index in [1.54, 1.807) is 17.3 Å². The third-order valence-corrected chi connectivity index (χ3v) is 4.50. The van der Waals surface area contributed by atoms with E-state index in [1.165, 1.54) is 0 Å². The van der Waals surface area contributed by atoms with E-state index in [4.69, 9.17) is 0 Å². The van der Waals surface area contributed by atoms with Gasteiger partial charge in [0.15, 0.2) is 0 Å². The molecule has 0 aliphatic carbocycles. The number of carbonyl (C=O) groups excluding carboxylic acids is 1. The summed E-state index contributed by atoms with van der Waals surface area (Å²) in [7, 11) is 0. The summed E-state index contributed by atoms with van der Waals surface area (Å²) in [4.78, 5) is 33.7. The number of benzene rings is 1. The van der Waals surface area contributed by atoms with E-state index in [1.807, 2.05) is 45.0 Å². The SMILES string of the molecule is CCC(=O)N(Cc1cccnc1)Cc1cc2c(C)cc(C)cc2[nH]c1=O. The lowest BCUT2D eigenvalue weighted by Gasteiger charge is -2.22. The molecule has 2 heterocycles. The van der Waals surface area contributed by atoms with Gasteiger partial charge in [-0.15, -0.1) is 0 Å². The Morgan fingerprint density at radius 3 is 2.69 bits per heavy atom. The van der Waals surface area contributed by atoms with Crippen LogP contribution in [0.4, 0.5) is 0 Å². The Balaban J connectivity index is 1.97. The second-order valence-corrected chi connectivity index (χ2v) is 6.63. The zero-order valence-corrected chi connectivity index (χ0v) is 15.4. The average Bonchev–Trinajstić information content (AvgIpc) is 2.62. The molecule has 0 atom stereocenters. The summed E-state index contributed by atoms with van der Waals surface area (Å²) >= 11 is 0. The largest absolute Gasteiger partial charge is 0.334 e. The first kappa shape index (κ1) is 17.9. The maximum Gasteiger partial charge on any atom is 0.253 e. The highest BCUT2D eigenvalue weighted by Gasteiger charge is 2.16. The van der Waals surface area contributed by atoms with Crippen molar-refractivity contribution in [3.05, 3.63) is 75.3 Å². The third kappa shape index (κ3) is 3.82. The number of hydrogen-bond donors (Lipinski definition) is 1. The van der Waals surface area contributed by atoms with E-state index >= 15 is 0 Å². The monoisotopic (exact) mass is 349 g/mol. The maximum absolute atomic E-state index is 12.5. The van der Waals surface area contributed by atoms with Crippen LogP contribution in [0.2, 0.25) is 0 Å². The van der Waals surface area contributed by atoms with Crippen molar-refractivity contribution in [3.63, 3.8) is 0 Å². The standard InChI is InChI=1S/C21H23N3O2/c1-4-20(25)24(12-16-6-5-7-22-11-16)13-17-10-18-15(3)8-14(2)9-19(18)23-21(17)26/h5-11H,4,12-13H2,1-3H3,(H,23,26). The molecule has 0 bridgehead atoms. The van der Waals surface area contributed by atoms with Gasteiger partial charge in [-0.3, -0.25) is 14.6 Å². The van der Waals surface area contributed by atoms with Crippen LogP contribution in [-0.2, 0) is 17.9 Å². The van der Waals surface area contributed by atoms with Crippen LogP contribution >= 0.6 is 0 Å². The fraction of sp³-hybridized carbons (Fsp3) is 0.286. The summed E-state index contributed by atoms with van der Waals surface area (Å²) in [5.74, 6) is 0.00831. The first-order valence-electron chi connectivity index (χ1n) is 8.77. The van der Waals surface area contributed by atoms with Crippen molar-refractivity contribution in [3.8, 4) is 0 Å². The summed E-state index contributed by atoms with van der Waals surface area (Å²) < 4.78 is 0. The van der Waals surface area contributed by atoms with Crippen molar-refractivity contribution < 1.29 is 4.79 Å². The van der Waals surface area contributed by atoms with E-state index < -0.39 is 0 Å². The molecule has 0 aliphatic rings. The highest BCUT2D eigenvalue weighted by molar-refractivity contribution is 5.83. The summed E-state index contributed by atoms with van der Waals surface area (Å²) in [5, 5.41) is 1.01. The van der Waals surface area contributed by atoms with Gasteiger partial charge in [0.05, 0.1) is 6.54 Å². The van der Waals surface area contributed by atoms with Crippen LogP contribution in [0.5, 0.6) is 0 Å². The number of hydrogen-bond acceptors (Lipinski definition) is 3. The lowest BCUT2D eigenvalue weighted by molar-refractivity contribution is -0.132. The molecule has 26 heavy (non-hydrogen) atoms. The predicted molar refractivity (Wildman–Crippen MR) is 103 cm³/mol. The van der Waals surface area contributed by atoms with Gasteiger partial charge in [-0.05, 0) is 48.7 Å². The molecule has 134 valence electrons. The van der Waals surface area contributed by atoms with Crippen LogP contribution in [0.3, 0.4) is 0 Å². The van der Waals surface area contributed by atoms with Gasteiger partial charge >= 0.3 is 0 Å². The van der Waals surface area contributed by atoms with Crippen LogP contribution in [0, 0.1) is 13.8 Å². The first-order valence-corrected chi connectivity index (χ1v) is 8.77. The van der Waals surface area contributed by atoms with Gasteiger partial charge in [0.1, 0.15) is 0 Å². The first-order chi connectivity index (χ1) is 12.5. The van der Waals surface area contributed by atoms with Crippen molar-refractivity contribution in [2.45, 2.75) is 40.3 Å². The van der Waals surface area contributed by atoms with E-state index in [-0.39, 0.29) is 18.0 Å². The topological polar surface area (TPSA) is 66.1 Å². The number of nitrogens with one attached hydrogen (secondary N) is 1. The molecule has 1 N–H and O–H groups in total. The second kappa shape index (κ2) is 7.52. The van der Waals surface area contributed by atoms with Crippen molar-refractivity contribution in [1.82, 2.24) is 14.9 Å². The van der Waals surface area contributed by atoms with E-state index in [0.29, 0.717) is 18.5 Å². The lowest BCUT2D eigenvalue weighted by atomic mass is 10.0. The number of H-pyrrole nitrogens is 1. The smallest absolute Gasteiger partial charge is 0.253 e. The number of aromatic amines is 1. The highest BCUT2D eigenvalue weighted by atomic mass is 16.2. The fourth-order valence-electron chi connectivity index (χ4n) is 3.21. The predicted octanol–water partition coefficient (Wildman–Crippen LogP) is 3.48. The summed E-state index contributed by atoms with van der Waals surface area (Å²) in [6.45, 7) is 6.58. The van der Waals surface area contributed by atoms with Gasteiger partial charge in [0.2, 0.25) is 5.91 Å². The molecule has 0 saturated heterocycles. The van der Waals surface area contributed by atoms with Crippen molar-refractivity contribution in [2.75, 3.05) is 0 Å². The van der Waals surface area contributed by atoms with Gasteiger partial charge in [-0.1, -0.05) is 19.1 Å². The molecule has 3 aromatic rings. The molecule has 0 saturated carbocycles.